The van der Waals surface area contributed by atoms with Gasteiger partial charge in [0.2, 0.25) is 5.75 Å². The Morgan fingerprint density at radius 1 is 1.10 bits per heavy atom. The molecule has 0 fully saturated rings. The predicted molar refractivity (Wildman–Crippen MR) is 77.1 cm³/mol. The molecule has 0 radical (unpaired) electrons. The summed E-state index contributed by atoms with van der Waals surface area (Å²) in [6.45, 7) is 4.13. The number of anilines is 1. The minimum atomic E-state index is 0.309. The number of aromatic nitrogens is 4. The third kappa shape index (κ3) is 1.77. The minimum absolute atomic E-state index is 0.309. The van der Waals surface area contributed by atoms with Gasteiger partial charge >= 0.3 is 0 Å². The maximum absolute atomic E-state index is 5.83. The molecule has 2 aromatic heterocycles. The number of aryl methyl sites for hydroxylation is 2. The van der Waals surface area contributed by atoms with Crippen molar-refractivity contribution in [3.8, 4) is 11.6 Å². The molecule has 0 aliphatic rings. The highest BCUT2D eigenvalue weighted by atomic mass is 16.5. The zero-order chi connectivity index (χ0) is 14.3. The molecule has 0 saturated carbocycles. The Morgan fingerprint density at radius 2 is 1.85 bits per heavy atom. The van der Waals surface area contributed by atoms with Crippen molar-refractivity contribution >= 4 is 16.9 Å². The lowest BCUT2D eigenvalue weighted by Gasteiger charge is -2.10. The van der Waals surface area contributed by atoms with Crippen LogP contribution in [0, 0.1) is 13.8 Å². The third-order valence-corrected chi connectivity index (χ3v) is 3.41. The summed E-state index contributed by atoms with van der Waals surface area (Å²) in [7, 11) is 1.55. The summed E-state index contributed by atoms with van der Waals surface area (Å²) in [6.07, 6.45) is 3.13. The van der Waals surface area contributed by atoms with Crippen LogP contribution in [-0.2, 0) is 0 Å². The molecule has 0 bridgehead atoms. The summed E-state index contributed by atoms with van der Waals surface area (Å²) in [5.74, 6) is 1.35. The SMILES string of the molecule is COc1c(N)ncnc1-n1cnc2cc(C)c(C)cc21. The van der Waals surface area contributed by atoms with Gasteiger partial charge in [-0.1, -0.05) is 0 Å². The monoisotopic (exact) mass is 269 g/mol. The molecule has 0 aliphatic heterocycles. The number of nitrogens with zero attached hydrogens (tertiary/aromatic N) is 4. The standard InChI is InChI=1S/C14H15N5O/c1-8-4-10-11(5-9(8)2)19(7-18-10)14-12(20-3)13(15)16-6-17-14/h4-7H,1-3H3,(H2,15,16,17). The van der Waals surface area contributed by atoms with E-state index in [1.165, 1.54) is 17.5 Å². The van der Waals surface area contributed by atoms with Crippen LogP contribution in [0.15, 0.2) is 24.8 Å². The molecule has 2 heterocycles. The number of hydrogen-bond acceptors (Lipinski definition) is 5. The second-order valence-electron chi connectivity index (χ2n) is 4.66. The quantitative estimate of drug-likeness (QED) is 0.770. The normalized spacial score (nSPS) is 10.9. The molecule has 102 valence electrons. The number of ether oxygens (including phenoxy) is 1. The van der Waals surface area contributed by atoms with Crippen molar-refractivity contribution in [1.29, 1.82) is 0 Å². The van der Waals surface area contributed by atoms with Gasteiger partial charge in [0.25, 0.3) is 0 Å². The zero-order valence-corrected chi connectivity index (χ0v) is 11.6. The van der Waals surface area contributed by atoms with E-state index in [-0.39, 0.29) is 0 Å². The number of fused-ring (bicyclic) bond motifs is 1. The van der Waals surface area contributed by atoms with Gasteiger partial charge in [0, 0.05) is 0 Å². The van der Waals surface area contributed by atoms with Gasteiger partial charge in [-0.25, -0.2) is 15.0 Å². The molecule has 20 heavy (non-hydrogen) atoms. The Morgan fingerprint density at radius 3 is 2.60 bits per heavy atom. The molecule has 2 N–H and O–H groups in total. The molecule has 3 rings (SSSR count). The fraction of sp³-hybridized carbons (Fsp3) is 0.214. The molecule has 0 atom stereocenters. The Kier molecular flexibility index (Phi) is 2.78. The highest BCUT2D eigenvalue weighted by Crippen LogP contribution is 2.28. The number of benzene rings is 1. The molecule has 0 saturated heterocycles. The summed E-state index contributed by atoms with van der Waals surface area (Å²) in [5.41, 5.74) is 10.1. The van der Waals surface area contributed by atoms with Crippen molar-refractivity contribution in [3.05, 3.63) is 35.9 Å². The van der Waals surface area contributed by atoms with Gasteiger partial charge in [0.15, 0.2) is 11.6 Å². The van der Waals surface area contributed by atoms with Crippen LogP contribution < -0.4 is 10.5 Å². The number of hydrogen-bond donors (Lipinski definition) is 1. The van der Waals surface area contributed by atoms with Crippen LogP contribution >= 0.6 is 0 Å². The first kappa shape index (κ1) is 12.4. The first-order valence-electron chi connectivity index (χ1n) is 6.21. The lowest BCUT2D eigenvalue weighted by atomic mass is 10.1. The van der Waals surface area contributed by atoms with E-state index in [1.54, 1.807) is 13.4 Å². The highest BCUT2D eigenvalue weighted by Gasteiger charge is 2.14. The zero-order valence-electron chi connectivity index (χ0n) is 11.6. The molecular formula is C14H15N5O. The topological polar surface area (TPSA) is 78.9 Å². The first-order chi connectivity index (χ1) is 9.61. The average Bonchev–Trinajstić information content (AvgIpc) is 2.81. The Balaban J connectivity index is 2.30. The number of methoxy groups -OCH3 is 1. The number of imidazole rings is 1. The van der Waals surface area contributed by atoms with Gasteiger partial charge in [0.05, 0.1) is 18.1 Å². The van der Waals surface area contributed by atoms with Crippen LogP contribution in [0.3, 0.4) is 0 Å². The summed E-state index contributed by atoms with van der Waals surface area (Å²) < 4.78 is 7.16. The van der Waals surface area contributed by atoms with Crippen molar-refractivity contribution in [2.45, 2.75) is 13.8 Å². The Bertz CT molecular complexity index is 794. The van der Waals surface area contributed by atoms with E-state index in [4.69, 9.17) is 10.5 Å². The predicted octanol–water partition coefficient (Wildman–Crippen LogP) is 2.02. The Hall–Kier alpha value is -2.63. The molecule has 6 nitrogen and oxygen atoms in total. The van der Waals surface area contributed by atoms with Crippen LogP contribution in [0.5, 0.6) is 5.75 Å². The van der Waals surface area contributed by atoms with Crippen molar-refractivity contribution in [1.82, 2.24) is 19.5 Å². The lowest BCUT2D eigenvalue weighted by Crippen LogP contribution is -2.04. The van der Waals surface area contributed by atoms with Crippen LogP contribution in [-0.4, -0.2) is 26.6 Å². The number of nitrogens with two attached hydrogens (primary N) is 1. The average molecular weight is 269 g/mol. The minimum Gasteiger partial charge on any atom is -0.490 e. The van der Waals surface area contributed by atoms with Crippen molar-refractivity contribution < 1.29 is 4.74 Å². The largest absolute Gasteiger partial charge is 0.490 e. The maximum Gasteiger partial charge on any atom is 0.204 e. The van der Waals surface area contributed by atoms with E-state index in [1.807, 2.05) is 4.57 Å². The summed E-state index contributed by atoms with van der Waals surface area (Å²) in [4.78, 5) is 12.6. The molecule has 1 aromatic carbocycles. The van der Waals surface area contributed by atoms with E-state index < -0.39 is 0 Å². The summed E-state index contributed by atoms with van der Waals surface area (Å²) in [6, 6.07) is 4.13. The van der Waals surface area contributed by atoms with Crippen molar-refractivity contribution in [2.75, 3.05) is 12.8 Å². The van der Waals surface area contributed by atoms with Crippen LogP contribution in [0.2, 0.25) is 0 Å². The second kappa shape index (κ2) is 4.48. The van der Waals surface area contributed by atoms with E-state index in [2.05, 4.69) is 40.9 Å². The van der Waals surface area contributed by atoms with Crippen LogP contribution in [0.1, 0.15) is 11.1 Å². The van der Waals surface area contributed by atoms with Gasteiger partial charge in [-0.3, -0.25) is 4.57 Å². The van der Waals surface area contributed by atoms with E-state index >= 15 is 0 Å². The van der Waals surface area contributed by atoms with Gasteiger partial charge in [-0.2, -0.15) is 0 Å². The van der Waals surface area contributed by atoms with Crippen LogP contribution in [0.4, 0.5) is 5.82 Å². The molecule has 0 amide bonds. The van der Waals surface area contributed by atoms with Gasteiger partial charge in [0.1, 0.15) is 12.7 Å². The number of nitrogen functional groups attached to an aromatic ring is 1. The van der Waals surface area contributed by atoms with Gasteiger partial charge in [-0.15, -0.1) is 0 Å². The summed E-state index contributed by atoms with van der Waals surface area (Å²) >= 11 is 0. The van der Waals surface area contributed by atoms with Gasteiger partial charge < -0.3 is 10.5 Å². The van der Waals surface area contributed by atoms with Crippen LogP contribution in [0.25, 0.3) is 16.9 Å². The molecule has 0 aliphatic carbocycles. The fourth-order valence-electron chi connectivity index (χ4n) is 2.18. The highest BCUT2D eigenvalue weighted by molar-refractivity contribution is 5.79. The molecular weight excluding hydrogens is 254 g/mol. The molecule has 0 spiro atoms. The van der Waals surface area contributed by atoms with Crippen molar-refractivity contribution in [3.63, 3.8) is 0 Å². The molecule has 0 unspecified atom stereocenters. The van der Waals surface area contributed by atoms with E-state index in [0.29, 0.717) is 17.4 Å². The van der Waals surface area contributed by atoms with Crippen molar-refractivity contribution in [2.24, 2.45) is 0 Å². The molecule has 6 heteroatoms. The molecule has 3 aromatic rings. The van der Waals surface area contributed by atoms with Gasteiger partial charge in [-0.05, 0) is 37.1 Å². The van der Waals surface area contributed by atoms with E-state index in [0.717, 1.165) is 11.0 Å². The maximum atomic E-state index is 5.83. The smallest absolute Gasteiger partial charge is 0.204 e. The first-order valence-corrected chi connectivity index (χ1v) is 6.21. The van der Waals surface area contributed by atoms with E-state index in [9.17, 15) is 0 Å². The summed E-state index contributed by atoms with van der Waals surface area (Å²) in [5, 5.41) is 0. The fourth-order valence-corrected chi connectivity index (χ4v) is 2.18. The third-order valence-electron chi connectivity index (χ3n) is 3.41. The Labute approximate surface area is 116 Å². The number of rotatable bonds is 2. The lowest BCUT2D eigenvalue weighted by molar-refractivity contribution is 0.411. The second-order valence-corrected chi connectivity index (χ2v) is 4.66.